The lowest BCUT2D eigenvalue weighted by molar-refractivity contribution is 0.101. The molecule has 1 aromatic carbocycles. The van der Waals surface area contributed by atoms with Gasteiger partial charge in [-0.2, -0.15) is 0 Å². The molecule has 4 nitrogen and oxygen atoms in total. The standard InChI is InChI=1S/C16H24N2O2.ClH/c1-3-20-16-7-6-13(12(2)19)9-14(16)10-18-8-4-5-15(17)11-18;/h6-7,9,15H,3-5,8,10-11,17H2,1-2H3;1H/t15-;/m1./s1. The minimum atomic E-state index is 0. The van der Waals surface area contributed by atoms with E-state index in [1.807, 2.05) is 25.1 Å². The molecule has 0 radical (unpaired) electrons. The van der Waals surface area contributed by atoms with Crippen LogP contribution in [0.1, 0.15) is 42.6 Å². The van der Waals surface area contributed by atoms with Crippen molar-refractivity contribution in [3.63, 3.8) is 0 Å². The number of halogens is 1. The molecule has 0 unspecified atom stereocenters. The normalized spacial score (nSPS) is 18.9. The summed E-state index contributed by atoms with van der Waals surface area (Å²) >= 11 is 0. The Kier molecular flexibility index (Phi) is 7.15. The Hall–Kier alpha value is -1.10. The van der Waals surface area contributed by atoms with Gasteiger partial charge >= 0.3 is 0 Å². The van der Waals surface area contributed by atoms with Gasteiger partial charge in [-0.1, -0.05) is 0 Å². The number of piperidine rings is 1. The maximum Gasteiger partial charge on any atom is 0.159 e. The second-order valence-electron chi connectivity index (χ2n) is 5.45. The third-order valence-corrected chi connectivity index (χ3v) is 3.70. The van der Waals surface area contributed by atoms with Gasteiger partial charge < -0.3 is 10.5 Å². The number of nitrogens with two attached hydrogens (primary N) is 1. The third-order valence-electron chi connectivity index (χ3n) is 3.70. The lowest BCUT2D eigenvalue weighted by Crippen LogP contribution is -2.42. The van der Waals surface area contributed by atoms with Gasteiger partial charge in [-0.15, -0.1) is 12.4 Å². The molecule has 21 heavy (non-hydrogen) atoms. The van der Waals surface area contributed by atoms with Gasteiger partial charge in [0.2, 0.25) is 0 Å². The van der Waals surface area contributed by atoms with E-state index in [0.29, 0.717) is 6.61 Å². The SMILES string of the molecule is CCOc1ccc(C(C)=O)cc1CN1CCC[C@@H](N)C1.Cl. The fourth-order valence-corrected chi connectivity index (χ4v) is 2.69. The smallest absolute Gasteiger partial charge is 0.159 e. The first-order chi connectivity index (χ1) is 9.60. The lowest BCUT2D eigenvalue weighted by atomic mass is 10.0. The van der Waals surface area contributed by atoms with Crippen LogP contribution in [0.15, 0.2) is 18.2 Å². The number of ketones is 1. The van der Waals surface area contributed by atoms with Crippen LogP contribution in [-0.4, -0.2) is 36.4 Å². The van der Waals surface area contributed by atoms with Crippen molar-refractivity contribution in [1.82, 2.24) is 4.90 Å². The van der Waals surface area contributed by atoms with E-state index in [2.05, 4.69) is 4.90 Å². The van der Waals surface area contributed by atoms with E-state index >= 15 is 0 Å². The number of likely N-dealkylation sites (tertiary alicyclic amines) is 1. The quantitative estimate of drug-likeness (QED) is 0.849. The molecule has 0 aliphatic carbocycles. The molecule has 1 atom stereocenters. The molecule has 1 saturated heterocycles. The van der Waals surface area contributed by atoms with E-state index in [1.165, 1.54) is 0 Å². The van der Waals surface area contributed by atoms with Crippen LogP contribution >= 0.6 is 12.4 Å². The summed E-state index contributed by atoms with van der Waals surface area (Å²) in [5.41, 5.74) is 7.84. The van der Waals surface area contributed by atoms with Crippen LogP contribution in [0.3, 0.4) is 0 Å². The fourth-order valence-electron chi connectivity index (χ4n) is 2.69. The van der Waals surface area contributed by atoms with Crippen LogP contribution in [0.4, 0.5) is 0 Å². The predicted octanol–water partition coefficient (Wildman–Crippen LogP) is 2.63. The summed E-state index contributed by atoms with van der Waals surface area (Å²) in [6.45, 7) is 6.96. The maximum absolute atomic E-state index is 11.5. The van der Waals surface area contributed by atoms with Gasteiger partial charge in [0, 0.05) is 30.3 Å². The molecule has 1 heterocycles. The van der Waals surface area contributed by atoms with Gasteiger partial charge in [0.05, 0.1) is 6.61 Å². The first kappa shape index (κ1) is 18.0. The van der Waals surface area contributed by atoms with Crippen LogP contribution in [0.25, 0.3) is 0 Å². The molecule has 0 amide bonds. The van der Waals surface area contributed by atoms with E-state index in [1.54, 1.807) is 6.92 Å². The van der Waals surface area contributed by atoms with Crippen LogP contribution < -0.4 is 10.5 Å². The molecule has 0 bridgehead atoms. The Bertz CT molecular complexity index is 479. The summed E-state index contributed by atoms with van der Waals surface area (Å²) < 4.78 is 5.67. The molecular formula is C16H25ClN2O2. The number of hydrogen-bond acceptors (Lipinski definition) is 4. The summed E-state index contributed by atoms with van der Waals surface area (Å²) in [6, 6.07) is 5.95. The molecule has 0 spiro atoms. The fraction of sp³-hybridized carbons (Fsp3) is 0.562. The van der Waals surface area contributed by atoms with Gasteiger partial charge in [-0.05, 0) is 51.4 Å². The Morgan fingerprint density at radius 1 is 1.48 bits per heavy atom. The van der Waals surface area contributed by atoms with Crippen LogP contribution in [0.2, 0.25) is 0 Å². The highest BCUT2D eigenvalue weighted by molar-refractivity contribution is 5.94. The molecule has 0 aromatic heterocycles. The summed E-state index contributed by atoms with van der Waals surface area (Å²) in [4.78, 5) is 13.9. The van der Waals surface area contributed by atoms with E-state index < -0.39 is 0 Å². The van der Waals surface area contributed by atoms with Crippen molar-refractivity contribution in [1.29, 1.82) is 0 Å². The van der Waals surface area contributed by atoms with Crippen molar-refractivity contribution >= 4 is 18.2 Å². The number of ether oxygens (including phenoxy) is 1. The molecule has 1 aromatic rings. The third kappa shape index (κ3) is 4.99. The monoisotopic (exact) mass is 312 g/mol. The van der Waals surface area contributed by atoms with Crippen molar-refractivity contribution < 1.29 is 9.53 Å². The minimum absolute atomic E-state index is 0. The van der Waals surface area contributed by atoms with E-state index in [-0.39, 0.29) is 24.2 Å². The van der Waals surface area contributed by atoms with E-state index in [4.69, 9.17) is 10.5 Å². The highest BCUT2D eigenvalue weighted by Gasteiger charge is 2.18. The number of carbonyl (C=O) groups is 1. The number of hydrogen-bond donors (Lipinski definition) is 1. The van der Waals surface area contributed by atoms with Gasteiger partial charge in [-0.25, -0.2) is 0 Å². The molecule has 2 rings (SSSR count). The van der Waals surface area contributed by atoms with Crippen molar-refractivity contribution in [3.05, 3.63) is 29.3 Å². The van der Waals surface area contributed by atoms with Crippen molar-refractivity contribution in [2.75, 3.05) is 19.7 Å². The molecule has 118 valence electrons. The summed E-state index contributed by atoms with van der Waals surface area (Å²) in [7, 11) is 0. The minimum Gasteiger partial charge on any atom is -0.494 e. The van der Waals surface area contributed by atoms with Gasteiger partial charge in [0.25, 0.3) is 0 Å². The number of rotatable bonds is 5. The highest BCUT2D eigenvalue weighted by atomic mass is 35.5. The van der Waals surface area contributed by atoms with E-state index in [0.717, 1.165) is 49.4 Å². The number of Topliss-reactive ketones (excluding diaryl/α,β-unsaturated/α-hetero) is 1. The number of carbonyl (C=O) groups excluding carboxylic acids is 1. The summed E-state index contributed by atoms with van der Waals surface area (Å²) in [6.07, 6.45) is 2.24. The Balaban J connectivity index is 0.00000220. The molecule has 1 aliphatic heterocycles. The highest BCUT2D eigenvalue weighted by Crippen LogP contribution is 2.23. The topological polar surface area (TPSA) is 55.6 Å². The van der Waals surface area contributed by atoms with Crippen LogP contribution in [-0.2, 0) is 6.54 Å². The Morgan fingerprint density at radius 3 is 2.86 bits per heavy atom. The summed E-state index contributed by atoms with van der Waals surface area (Å²) in [5, 5.41) is 0. The second-order valence-corrected chi connectivity index (χ2v) is 5.45. The zero-order valence-corrected chi connectivity index (χ0v) is 13.6. The van der Waals surface area contributed by atoms with Crippen LogP contribution in [0.5, 0.6) is 5.75 Å². The Labute approximate surface area is 133 Å². The molecule has 1 fully saturated rings. The van der Waals surface area contributed by atoms with Crippen molar-refractivity contribution in [3.8, 4) is 5.75 Å². The number of benzene rings is 1. The Morgan fingerprint density at radius 2 is 2.24 bits per heavy atom. The predicted molar refractivity (Wildman–Crippen MR) is 87.3 cm³/mol. The average molecular weight is 313 g/mol. The first-order valence-corrected chi connectivity index (χ1v) is 7.34. The number of nitrogens with zero attached hydrogens (tertiary/aromatic N) is 1. The van der Waals surface area contributed by atoms with Crippen molar-refractivity contribution in [2.24, 2.45) is 5.73 Å². The molecule has 5 heteroatoms. The maximum atomic E-state index is 11.5. The zero-order valence-electron chi connectivity index (χ0n) is 12.8. The molecule has 0 saturated carbocycles. The van der Waals surface area contributed by atoms with E-state index in [9.17, 15) is 4.79 Å². The molecule has 2 N–H and O–H groups in total. The van der Waals surface area contributed by atoms with Gasteiger partial charge in [-0.3, -0.25) is 9.69 Å². The summed E-state index contributed by atoms with van der Waals surface area (Å²) in [5.74, 6) is 0.960. The second kappa shape index (κ2) is 8.37. The first-order valence-electron chi connectivity index (χ1n) is 7.34. The van der Waals surface area contributed by atoms with Gasteiger partial charge in [0.1, 0.15) is 5.75 Å². The average Bonchev–Trinajstić information content (AvgIpc) is 2.41. The zero-order chi connectivity index (χ0) is 14.5. The largest absolute Gasteiger partial charge is 0.494 e. The molecular weight excluding hydrogens is 288 g/mol. The lowest BCUT2D eigenvalue weighted by Gasteiger charge is -2.31. The van der Waals surface area contributed by atoms with Crippen molar-refractivity contribution in [2.45, 2.75) is 39.3 Å². The molecule has 1 aliphatic rings. The van der Waals surface area contributed by atoms with Gasteiger partial charge in [0.15, 0.2) is 5.78 Å². The van der Waals surface area contributed by atoms with Crippen LogP contribution in [0, 0.1) is 0 Å².